The van der Waals surface area contributed by atoms with Gasteiger partial charge in [0.25, 0.3) is 5.91 Å². The van der Waals surface area contributed by atoms with Crippen molar-refractivity contribution in [3.05, 3.63) is 64.5 Å². The average Bonchev–Trinajstić information content (AvgIpc) is 2.64. The summed E-state index contributed by atoms with van der Waals surface area (Å²) in [7, 11) is -2.30. The van der Waals surface area contributed by atoms with Crippen LogP contribution in [0.2, 0.25) is 0 Å². The van der Waals surface area contributed by atoms with E-state index in [1.54, 1.807) is 38.1 Å². The van der Waals surface area contributed by atoms with Crippen LogP contribution in [0, 0.1) is 19.7 Å². The minimum Gasteiger partial charge on any atom is -0.351 e. The van der Waals surface area contributed by atoms with Gasteiger partial charge in [-0.2, -0.15) is 11.8 Å². The zero-order valence-electron chi connectivity index (χ0n) is 15.5. The molecule has 146 valence electrons. The third-order valence-electron chi connectivity index (χ3n) is 4.19. The number of hydrogen-bond donors (Lipinski definition) is 2. The third-order valence-corrected chi connectivity index (χ3v) is 6.74. The Kier molecular flexibility index (Phi) is 7.41. The lowest BCUT2D eigenvalue weighted by Crippen LogP contribution is -2.27. The van der Waals surface area contributed by atoms with Gasteiger partial charge in [0, 0.05) is 23.6 Å². The third kappa shape index (κ3) is 5.54. The van der Waals surface area contributed by atoms with Crippen LogP contribution in [-0.2, 0) is 15.8 Å². The number of nitrogens with one attached hydrogen (secondary N) is 2. The van der Waals surface area contributed by atoms with Crippen molar-refractivity contribution in [2.75, 3.05) is 19.3 Å². The second-order valence-corrected chi connectivity index (χ2v) is 8.98. The Morgan fingerprint density at radius 2 is 1.89 bits per heavy atom. The molecule has 2 rings (SSSR count). The summed E-state index contributed by atoms with van der Waals surface area (Å²) in [5.41, 5.74) is 2.27. The molecule has 0 aliphatic rings. The standard InChI is InChI=1S/C19H23FN2O3S2/c1-13-10-16(11-18(14(13)2)27(24,25)21-3)19(23)22-8-9-26-12-15-6-4-5-7-17(15)20/h4-7,10-11,21H,8-9,12H2,1-3H3,(H,22,23). The molecule has 2 aromatic carbocycles. The molecule has 0 fully saturated rings. The Hall–Kier alpha value is -1.90. The number of hydrogen-bond acceptors (Lipinski definition) is 4. The molecule has 0 saturated heterocycles. The lowest BCUT2D eigenvalue weighted by atomic mass is 10.1. The SMILES string of the molecule is CNS(=O)(=O)c1cc(C(=O)NCCSCc2ccccc2F)cc(C)c1C. The fraction of sp³-hybridized carbons (Fsp3) is 0.316. The predicted octanol–water partition coefficient (Wildman–Crippen LogP) is 3.01. The van der Waals surface area contributed by atoms with E-state index in [9.17, 15) is 17.6 Å². The van der Waals surface area contributed by atoms with Gasteiger partial charge in [0.15, 0.2) is 0 Å². The highest BCUT2D eigenvalue weighted by Crippen LogP contribution is 2.21. The number of carbonyl (C=O) groups excluding carboxylic acids is 1. The molecule has 1 amide bonds. The Balaban J connectivity index is 1.95. The quantitative estimate of drug-likeness (QED) is 0.656. The van der Waals surface area contributed by atoms with Gasteiger partial charge in [0.1, 0.15) is 5.82 Å². The molecule has 0 radical (unpaired) electrons. The van der Waals surface area contributed by atoms with E-state index < -0.39 is 10.0 Å². The first-order valence-electron chi connectivity index (χ1n) is 8.40. The smallest absolute Gasteiger partial charge is 0.251 e. The zero-order chi connectivity index (χ0) is 20.0. The maximum Gasteiger partial charge on any atom is 0.251 e. The summed E-state index contributed by atoms with van der Waals surface area (Å²) in [4.78, 5) is 12.5. The monoisotopic (exact) mass is 410 g/mol. The molecule has 27 heavy (non-hydrogen) atoms. The zero-order valence-corrected chi connectivity index (χ0v) is 17.1. The highest BCUT2D eigenvalue weighted by atomic mass is 32.2. The van der Waals surface area contributed by atoms with E-state index in [1.807, 2.05) is 0 Å². The van der Waals surface area contributed by atoms with Crippen LogP contribution >= 0.6 is 11.8 Å². The normalized spacial score (nSPS) is 11.4. The minimum absolute atomic E-state index is 0.101. The van der Waals surface area contributed by atoms with Crippen molar-refractivity contribution in [2.45, 2.75) is 24.5 Å². The van der Waals surface area contributed by atoms with Crippen molar-refractivity contribution in [2.24, 2.45) is 0 Å². The molecule has 0 unspecified atom stereocenters. The van der Waals surface area contributed by atoms with E-state index in [-0.39, 0.29) is 16.6 Å². The highest BCUT2D eigenvalue weighted by Gasteiger charge is 2.19. The maximum atomic E-state index is 13.5. The number of carbonyl (C=O) groups is 1. The number of sulfonamides is 1. The van der Waals surface area contributed by atoms with Crippen LogP contribution in [0.15, 0.2) is 41.3 Å². The highest BCUT2D eigenvalue weighted by molar-refractivity contribution is 7.98. The molecule has 2 N–H and O–H groups in total. The number of halogens is 1. The van der Waals surface area contributed by atoms with Crippen molar-refractivity contribution in [1.29, 1.82) is 0 Å². The minimum atomic E-state index is -3.64. The Morgan fingerprint density at radius 1 is 1.19 bits per heavy atom. The van der Waals surface area contributed by atoms with Crippen LogP contribution in [0.5, 0.6) is 0 Å². The molecule has 0 aliphatic heterocycles. The average molecular weight is 411 g/mol. The number of rotatable bonds is 8. The van der Waals surface area contributed by atoms with Gasteiger partial charge in [0.2, 0.25) is 10.0 Å². The lowest BCUT2D eigenvalue weighted by Gasteiger charge is -2.12. The van der Waals surface area contributed by atoms with Crippen LogP contribution < -0.4 is 10.0 Å². The largest absolute Gasteiger partial charge is 0.351 e. The summed E-state index contributed by atoms with van der Waals surface area (Å²) >= 11 is 1.51. The van der Waals surface area contributed by atoms with Crippen molar-refractivity contribution < 1.29 is 17.6 Å². The Morgan fingerprint density at radius 3 is 2.56 bits per heavy atom. The van der Waals surface area contributed by atoms with Crippen molar-refractivity contribution >= 4 is 27.7 Å². The number of benzene rings is 2. The maximum absolute atomic E-state index is 13.5. The summed E-state index contributed by atoms with van der Waals surface area (Å²) in [6.45, 7) is 3.88. The van der Waals surface area contributed by atoms with E-state index in [2.05, 4.69) is 10.0 Å². The van der Waals surface area contributed by atoms with Crippen LogP contribution in [0.1, 0.15) is 27.0 Å². The second-order valence-electron chi connectivity index (χ2n) is 6.02. The van der Waals surface area contributed by atoms with Crippen LogP contribution in [0.3, 0.4) is 0 Å². The van der Waals surface area contributed by atoms with Gasteiger partial charge < -0.3 is 5.32 Å². The van der Waals surface area contributed by atoms with Gasteiger partial charge in [-0.1, -0.05) is 18.2 Å². The first-order chi connectivity index (χ1) is 12.8. The molecule has 5 nitrogen and oxygen atoms in total. The molecule has 0 aromatic heterocycles. The summed E-state index contributed by atoms with van der Waals surface area (Å²) < 4.78 is 40.1. The van der Waals surface area contributed by atoms with Crippen LogP contribution in [0.4, 0.5) is 4.39 Å². The first-order valence-corrected chi connectivity index (χ1v) is 11.0. The van der Waals surface area contributed by atoms with Crippen molar-refractivity contribution in [3.8, 4) is 0 Å². The van der Waals surface area contributed by atoms with Crippen molar-refractivity contribution in [3.63, 3.8) is 0 Å². The molecule has 0 spiro atoms. The molecule has 0 atom stereocenters. The summed E-state index contributed by atoms with van der Waals surface area (Å²) in [6.07, 6.45) is 0. The Labute approximate surface area is 163 Å². The Bertz CT molecular complexity index is 931. The fourth-order valence-corrected chi connectivity index (χ4v) is 4.39. The molecule has 0 aliphatic carbocycles. The molecule has 0 bridgehead atoms. The van der Waals surface area contributed by atoms with Gasteiger partial charge in [-0.05, 0) is 55.8 Å². The first kappa shape index (κ1) is 21.4. The van der Waals surface area contributed by atoms with Gasteiger partial charge in [-0.15, -0.1) is 0 Å². The summed E-state index contributed by atoms with van der Waals surface area (Å²) in [6, 6.07) is 9.66. The molecular formula is C19H23FN2O3S2. The number of aryl methyl sites for hydroxylation is 1. The van der Waals surface area contributed by atoms with Crippen LogP contribution in [0.25, 0.3) is 0 Å². The van der Waals surface area contributed by atoms with E-state index in [0.29, 0.717) is 34.7 Å². The molecule has 0 saturated carbocycles. The molecule has 8 heteroatoms. The van der Waals surface area contributed by atoms with Gasteiger partial charge in [-0.25, -0.2) is 17.5 Å². The van der Waals surface area contributed by atoms with E-state index >= 15 is 0 Å². The summed E-state index contributed by atoms with van der Waals surface area (Å²) in [5, 5.41) is 2.77. The van der Waals surface area contributed by atoms with Gasteiger partial charge in [0.05, 0.1) is 4.90 Å². The van der Waals surface area contributed by atoms with Crippen molar-refractivity contribution in [1.82, 2.24) is 10.0 Å². The fourth-order valence-electron chi connectivity index (χ4n) is 2.48. The number of amides is 1. The number of thioether (sulfide) groups is 1. The predicted molar refractivity (Wildman–Crippen MR) is 107 cm³/mol. The van der Waals surface area contributed by atoms with E-state index in [4.69, 9.17) is 0 Å². The van der Waals surface area contributed by atoms with Gasteiger partial charge >= 0.3 is 0 Å². The van der Waals surface area contributed by atoms with Crippen LogP contribution in [-0.4, -0.2) is 33.7 Å². The molecule has 2 aromatic rings. The summed E-state index contributed by atoms with van der Waals surface area (Å²) in [5.74, 6) is 0.572. The topological polar surface area (TPSA) is 75.3 Å². The van der Waals surface area contributed by atoms with E-state index in [1.165, 1.54) is 30.9 Å². The van der Waals surface area contributed by atoms with Gasteiger partial charge in [-0.3, -0.25) is 4.79 Å². The lowest BCUT2D eigenvalue weighted by molar-refractivity contribution is 0.0956. The second kappa shape index (κ2) is 9.34. The van der Waals surface area contributed by atoms with E-state index in [0.717, 1.165) is 5.56 Å². The molecular weight excluding hydrogens is 387 g/mol. The molecule has 0 heterocycles.